The van der Waals surface area contributed by atoms with Gasteiger partial charge in [-0.05, 0) is 26.5 Å². The van der Waals surface area contributed by atoms with Crippen molar-refractivity contribution in [1.29, 1.82) is 0 Å². The first-order valence-corrected chi connectivity index (χ1v) is 7.54. The zero-order valence-corrected chi connectivity index (χ0v) is 12.2. The van der Waals surface area contributed by atoms with Gasteiger partial charge in [-0.1, -0.05) is 0 Å². The summed E-state index contributed by atoms with van der Waals surface area (Å²) in [6.07, 6.45) is 2.56. The molecule has 0 aliphatic carbocycles. The van der Waals surface area contributed by atoms with Crippen molar-refractivity contribution in [3.63, 3.8) is 0 Å². The van der Waals surface area contributed by atoms with Crippen LogP contribution >= 0.6 is 11.8 Å². The summed E-state index contributed by atoms with van der Waals surface area (Å²) in [5.41, 5.74) is 0. The Labute approximate surface area is 113 Å². The van der Waals surface area contributed by atoms with Crippen LogP contribution in [0.25, 0.3) is 0 Å². The van der Waals surface area contributed by atoms with E-state index in [1.165, 1.54) is 0 Å². The van der Waals surface area contributed by atoms with Crippen LogP contribution in [0.15, 0.2) is 0 Å². The van der Waals surface area contributed by atoms with Gasteiger partial charge < -0.3 is 14.9 Å². The predicted octanol–water partition coefficient (Wildman–Crippen LogP) is 1.58. The Hall–Kier alpha value is -0.910. The first kappa shape index (κ1) is 15.1. The van der Waals surface area contributed by atoms with Gasteiger partial charge >= 0.3 is 12.0 Å². The normalized spacial score (nSPS) is 25.0. The van der Waals surface area contributed by atoms with E-state index in [1.807, 2.05) is 20.1 Å². The van der Waals surface area contributed by atoms with Crippen molar-refractivity contribution < 1.29 is 14.7 Å². The van der Waals surface area contributed by atoms with Gasteiger partial charge in [0, 0.05) is 31.4 Å². The van der Waals surface area contributed by atoms with E-state index in [-0.39, 0.29) is 18.1 Å². The molecule has 1 saturated heterocycles. The molecule has 0 radical (unpaired) electrons. The Morgan fingerprint density at radius 3 is 2.61 bits per heavy atom. The van der Waals surface area contributed by atoms with Crippen LogP contribution in [-0.2, 0) is 4.79 Å². The number of carboxylic acid groups (broad SMARTS) is 1. The monoisotopic (exact) mass is 274 g/mol. The molecule has 1 N–H and O–H groups in total. The highest BCUT2D eigenvalue weighted by atomic mass is 32.2. The number of likely N-dealkylation sites (tertiary alicyclic amines) is 1. The standard InChI is InChI=1S/C12H22N2O3S/c1-8(7-18-4)13(3)12(17)14-6-5-10(9(14)2)11(15)16/h8-10H,5-7H2,1-4H3,(H,15,16). The lowest BCUT2D eigenvalue weighted by atomic mass is 10.0. The summed E-state index contributed by atoms with van der Waals surface area (Å²) >= 11 is 1.70. The van der Waals surface area contributed by atoms with E-state index >= 15 is 0 Å². The molecule has 3 atom stereocenters. The Kier molecular flexibility index (Phi) is 5.31. The smallest absolute Gasteiger partial charge is 0.320 e. The van der Waals surface area contributed by atoms with Crippen LogP contribution in [0.4, 0.5) is 4.79 Å². The molecule has 1 aliphatic rings. The predicted molar refractivity (Wildman–Crippen MR) is 72.9 cm³/mol. The van der Waals surface area contributed by atoms with Gasteiger partial charge in [-0.25, -0.2) is 4.79 Å². The van der Waals surface area contributed by atoms with Gasteiger partial charge in [-0.15, -0.1) is 0 Å². The number of carbonyl (C=O) groups excluding carboxylic acids is 1. The second-order valence-electron chi connectivity index (χ2n) is 4.87. The molecule has 0 bridgehead atoms. The molecule has 1 heterocycles. The Bertz CT molecular complexity index is 324. The second kappa shape index (κ2) is 6.31. The average molecular weight is 274 g/mol. The van der Waals surface area contributed by atoms with Crippen LogP contribution in [0.2, 0.25) is 0 Å². The van der Waals surface area contributed by atoms with Gasteiger partial charge in [-0.3, -0.25) is 4.79 Å². The maximum absolute atomic E-state index is 12.3. The highest BCUT2D eigenvalue weighted by Gasteiger charge is 2.39. The average Bonchev–Trinajstić information content (AvgIpc) is 2.69. The van der Waals surface area contributed by atoms with Crippen molar-refractivity contribution in [1.82, 2.24) is 9.80 Å². The number of hydrogen-bond acceptors (Lipinski definition) is 3. The first-order chi connectivity index (χ1) is 8.40. The molecule has 3 unspecified atom stereocenters. The molecule has 104 valence electrons. The molecule has 5 nitrogen and oxygen atoms in total. The van der Waals surface area contributed by atoms with E-state index in [1.54, 1.807) is 28.6 Å². The fourth-order valence-corrected chi connectivity index (χ4v) is 2.99. The Morgan fingerprint density at radius 2 is 2.17 bits per heavy atom. The number of nitrogens with zero attached hydrogens (tertiary/aromatic N) is 2. The van der Waals surface area contributed by atoms with E-state index in [4.69, 9.17) is 5.11 Å². The summed E-state index contributed by atoms with van der Waals surface area (Å²) in [5, 5.41) is 9.06. The molecule has 0 aromatic heterocycles. The van der Waals surface area contributed by atoms with Gasteiger partial charge in [0.15, 0.2) is 0 Å². The molecule has 2 amide bonds. The third-order valence-electron chi connectivity index (χ3n) is 3.69. The maximum Gasteiger partial charge on any atom is 0.320 e. The van der Waals surface area contributed by atoms with Crippen molar-refractivity contribution in [2.45, 2.75) is 32.4 Å². The summed E-state index contributed by atoms with van der Waals surface area (Å²) in [7, 11) is 1.78. The third-order valence-corrected chi connectivity index (χ3v) is 4.50. The fourth-order valence-electron chi connectivity index (χ4n) is 2.28. The maximum atomic E-state index is 12.3. The van der Waals surface area contributed by atoms with Crippen LogP contribution in [0.3, 0.4) is 0 Å². The van der Waals surface area contributed by atoms with Crippen molar-refractivity contribution in [2.24, 2.45) is 5.92 Å². The highest BCUT2D eigenvalue weighted by molar-refractivity contribution is 7.98. The minimum atomic E-state index is -0.808. The number of carboxylic acids is 1. The second-order valence-corrected chi connectivity index (χ2v) is 5.78. The summed E-state index contributed by atoms with van der Waals surface area (Å²) in [5.74, 6) is -0.358. The summed E-state index contributed by atoms with van der Waals surface area (Å²) < 4.78 is 0. The number of rotatable bonds is 4. The van der Waals surface area contributed by atoms with E-state index in [0.29, 0.717) is 13.0 Å². The first-order valence-electron chi connectivity index (χ1n) is 6.15. The van der Waals surface area contributed by atoms with Gasteiger partial charge in [0.25, 0.3) is 0 Å². The molecule has 0 saturated carbocycles. The quantitative estimate of drug-likeness (QED) is 0.845. The summed E-state index contributed by atoms with van der Waals surface area (Å²) in [4.78, 5) is 26.7. The van der Waals surface area contributed by atoms with E-state index in [2.05, 4.69) is 0 Å². The van der Waals surface area contributed by atoms with Gasteiger partial charge in [0.2, 0.25) is 0 Å². The lowest BCUT2D eigenvalue weighted by Crippen LogP contribution is -2.48. The largest absolute Gasteiger partial charge is 0.481 e. The molecule has 0 aromatic carbocycles. The van der Waals surface area contributed by atoms with Gasteiger partial charge in [0.05, 0.1) is 5.92 Å². The molecular formula is C12H22N2O3S. The molecular weight excluding hydrogens is 252 g/mol. The zero-order valence-electron chi connectivity index (χ0n) is 11.4. The fraction of sp³-hybridized carbons (Fsp3) is 0.833. The van der Waals surface area contributed by atoms with E-state index < -0.39 is 11.9 Å². The third kappa shape index (κ3) is 3.10. The van der Waals surface area contributed by atoms with Crippen molar-refractivity contribution in [3.05, 3.63) is 0 Å². The number of thioether (sulfide) groups is 1. The highest BCUT2D eigenvalue weighted by Crippen LogP contribution is 2.25. The minimum absolute atomic E-state index is 0.0622. The Balaban J connectivity index is 2.65. The van der Waals surface area contributed by atoms with Gasteiger partial charge in [-0.2, -0.15) is 11.8 Å². The van der Waals surface area contributed by atoms with Crippen molar-refractivity contribution >= 4 is 23.8 Å². The number of carbonyl (C=O) groups is 2. The molecule has 1 aliphatic heterocycles. The molecule has 0 aromatic rings. The van der Waals surface area contributed by atoms with Crippen LogP contribution in [0.5, 0.6) is 0 Å². The number of urea groups is 1. The molecule has 1 rings (SSSR count). The van der Waals surface area contributed by atoms with Crippen molar-refractivity contribution in [2.75, 3.05) is 25.6 Å². The SMILES string of the molecule is CSCC(C)N(C)C(=O)N1CCC(C(=O)O)C1C. The minimum Gasteiger partial charge on any atom is -0.481 e. The summed E-state index contributed by atoms with van der Waals surface area (Å²) in [6, 6.07) is -0.129. The van der Waals surface area contributed by atoms with E-state index in [9.17, 15) is 9.59 Å². The lowest BCUT2D eigenvalue weighted by molar-refractivity contribution is -0.142. The summed E-state index contributed by atoms with van der Waals surface area (Å²) in [6.45, 7) is 4.36. The van der Waals surface area contributed by atoms with Gasteiger partial charge in [0.1, 0.15) is 0 Å². The van der Waals surface area contributed by atoms with Crippen molar-refractivity contribution in [3.8, 4) is 0 Å². The number of hydrogen-bond donors (Lipinski definition) is 1. The number of amides is 2. The molecule has 0 spiro atoms. The topological polar surface area (TPSA) is 60.9 Å². The Morgan fingerprint density at radius 1 is 1.56 bits per heavy atom. The van der Waals surface area contributed by atoms with Crippen LogP contribution in [-0.4, -0.2) is 64.6 Å². The molecule has 18 heavy (non-hydrogen) atoms. The zero-order chi connectivity index (χ0) is 13.9. The van der Waals surface area contributed by atoms with Crippen LogP contribution in [0.1, 0.15) is 20.3 Å². The van der Waals surface area contributed by atoms with Crippen LogP contribution < -0.4 is 0 Å². The van der Waals surface area contributed by atoms with E-state index in [0.717, 1.165) is 5.75 Å². The number of aliphatic carboxylic acids is 1. The molecule has 1 fully saturated rings. The van der Waals surface area contributed by atoms with Crippen LogP contribution in [0, 0.1) is 5.92 Å². The molecule has 6 heteroatoms. The lowest BCUT2D eigenvalue weighted by Gasteiger charge is -2.32.